The molecule has 3 heterocycles. The second kappa shape index (κ2) is 7.71. The summed E-state index contributed by atoms with van der Waals surface area (Å²) in [6.45, 7) is 3.03. The SMILES string of the molecule is Cc1ccccc1-n1c(=O)nc(N2CCC(CCO)C2)c2ccc(C(F)(F)F)nc21. The number of hydrogen-bond acceptors (Lipinski definition) is 5. The Balaban J connectivity index is 1.96. The zero-order valence-electron chi connectivity index (χ0n) is 16.4. The van der Waals surface area contributed by atoms with Crippen molar-refractivity contribution in [2.45, 2.75) is 25.9 Å². The van der Waals surface area contributed by atoms with E-state index in [4.69, 9.17) is 0 Å². The molecule has 0 saturated carbocycles. The quantitative estimate of drug-likeness (QED) is 0.704. The number of fused-ring (bicyclic) bond motifs is 1. The number of aliphatic hydroxyl groups excluding tert-OH is 1. The van der Waals surface area contributed by atoms with Gasteiger partial charge in [-0.2, -0.15) is 18.2 Å². The Morgan fingerprint density at radius 3 is 2.63 bits per heavy atom. The maximum atomic E-state index is 13.4. The summed E-state index contributed by atoms with van der Waals surface area (Å²) in [6, 6.07) is 9.18. The van der Waals surface area contributed by atoms with Gasteiger partial charge in [0, 0.05) is 19.7 Å². The Hall–Kier alpha value is -2.94. The highest BCUT2D eigenvalue weighted by atomic mass is 19.4. The monoisotopic (exact) mass is 418 g/mol. The van der Waals surface area contributed by atoms with Crippen LogP contribution in [-0.2, 0) is 6.18 Å². The van der Waals surface area contributed by atoms with Gasteiger partial charge in [-0.05, 0) is 49.4 Å². The van der Waals surface area contributed by atoms with Gasteiger partial charge in [-0.25, -0.2) is 14.3 Å². The average Bonchev–Trinajstić information content (AvgIpc) is 3.16. The van der Waals surface area contributed by atoms with Crippen molar-refractivity contribution in [3.05, 3.63) is 58.1 Å². The molecule has 2 aromatic heterocycles. The lowest BCUT2D eigenvalue weighted by atomic mass is 10.1. The molecule has 30 heavy (non-hydrogen) atoms. The van der Waals surface area contributed by atoms with E-state index in [-0.39, 0.29) is 18.2 Å². The van der Waals surface area contributed by atoms with Crippen LogP contribution in [0.2, 0.25) is 0 Å². The Kier molecular flexibility index (Phi) is 5.23. The number of anilines is 1. The number of nitrogens with zero attached hydrogens (tertiary/aromatic N) is 4. The summed E-state index contributed by atoms with van der Waals surface area (Å²) >= 11 is 0. The summed E-state index contributed by atoms with van der Waals surface area (Å²) in [5.41, 5.74) is -0.644. The number of pyridine rings is 1. The first-order chi connectivity index (χ1) is 14.3. The number of aliphatic hydroxyl groups is 1. The molecule has 1 aliphatic heterocycles. The molecule has 1 saturated heterocycles. The highest BCUT2D eigenvalue weighted by Crippen LogP contribution is 2.33. The number of para-hydroxylation sites is 1. The molecule has 0 radical (unpaired) electrons. The molecule has 9 heteroatoms. The smallest absolute Gasteiger partial charge is 0.396 e. The maximum Gasteiger partial charge on any atom is 0.433 e. The lowest BCUT2D eigenvalue weighted by Crippen LogP contribution is -2.29. The van der Waals surface area contributed by atoms with Gasteiger partial charge in [0.2, 0.25) is 0 Å². The fraction of sp³-hybridized carbons (Fsp3) is 0.381. The molecule has 158 valence electrons. The van der Waals surface area contributed by atoms with E-state index in [0.29, 0.717) is 36.4 Å². The van der Waals surface area contributed by atoms with Crippen molar-refractivity contribution in [2.75, 3.05) is 24.6 Å². The van der Waals surface area contributed by atoms with Crippen molar-refractivity contribution in [1.29, 1.82) is 0 Å². The van der Waals surface area contributed by atoms with Crippen LogP contribution in [0.4, 0.5) is 19.0 Å². The van der Waals surface area contributed by atoms with Gasteiger partial charge in [0.15, 0.2) is 5.65 Å². The highest BCUT2D eigenvalue weighted by Gasteiger charge is 2.34. The largest absolute Gasteiger partial charge is 0.433 e. The van der Waals surface area contributed by atoms with Gasteiger partial charge in [-0.1, -0.05) is 18.2 Å². The summed E-state index contributed by atoms with van der Waals surface area (Å²) in [6.07, 6.45) is -3.19. The molecular weight excluding hydrogens is 397 g/mol. The van der Waals surface area contributed by atoms with Gasteiger partial charge < -0.3 is 10.0 Å². The van der Waals surface area contributed by atoms with E-state index in [1.54, 1.807) is 31.2 Å². The van der Waals surface area contributed by atoms with Crippen molar-refractivity contribution in [2.24, 2.45) is 5.92 Å². The number of alkyl halides is 3. The van der Waals surface area contributed by atoms with Crippen LogP contribution < -0.4 is 10.6 Å². The standard InChI is InChI=1S/C21H21F3N4O2/c1-13-4-2-3-5-16(13)28-19-15(6-7-17(25-19)21(22,23)24)18(26-20(28)30)27-10-8-14(12-27)9-11-29/h2-7,14,29H,8-12H2,1H3. The third-order valence-electron chi connectivity index (χ3n) is 5.49. The Labute approximate surface area is 170 Å². The molecule has 0 amide bonds. The van der Waals surface area contributed by atoms with Crippen LogP contribution in [0, 0.1) is 12.8 Å². The van der Waals surface area contributed by atoms with E-state index >= 15 is 0 Å². The minimum Gasteiger partial charge on any atom is -0.396 e. The summed E-state index contributed by atoms with van der Waals surface area (Å²) < 4.78 is 41.2. The predicted octanol–water partition coefficient (Wildman–Crippen LogP) is 3.32. The summed E-state index contributed by atoms with van der Waals surface area (Å²) in [4.78, 5) is 23.0. The topological polar surface area (TPSA) is 71.2 Å². The summed E-state index contributed by atoms with van der Waals surface area (Å²) in [7, 11) is 0. The maximum absolute atomic E-state index is 13.4. The first kappa shape index (κ1) is 20.3. The van der Waals surface area contributed by atoms with E-state index in [1.165, 1.54) is 6.07 Å². The molecule has 1 aromatic carbocycles. The highest BCUT2D eigenvalue weighted by molar-refractivity contribution is 5.88. The van der Waals surface area contributed by atoms with Crippen molar-refractivity contribution < 1.29 is 18.3 Å². The number of halogens is 3. The van der Waals surface area contributed by atoms with Crippen LogP contribution in [0.3, 0.4) is 0 Å². The fourth-order valence-corrected chi connectivity index (χ4v) is 3.96. The molecule has 1 atom stereocenters. The van der Waals surface area contributed by atoms with Crippen molar-refractivity contribution in [1.82, 2.24) is 14.5 Å². The van der Waals surface area contributed by atoms with E-state index in [1.807, 2.05) is 4.90 Å². The first-order valence-electron chi connectivity index (χ1n) is 9.72. The summed E-state index contributed by atoms with van der Waals surface area (Å²) in [5.74, 6) is 0.578. The van der Waals surface area contributed by atoms with Gasteiger partial charge in [-0.15, -0.1) is 0 Å². The molecule has 1 aliphatic rings. The van der Waals surface area contributed by atoms with Gasteiger partial charge in [0.05, 0.1) is 11.1 Å². The van der Waals surface area contributed by atoms with Gasteiger partial charge in [0.1, 0.15) is 11.5 Å². The Morgan fingerprint density at radius 1 is 1.17 bits per heavy atom. The van der Waals surface area contributed by atoms with E-state index in [9.17, 15) is 23.1 Å². The van der Waals surface area contributed by atoms with Gasteiger partial charge in [0.25, 0.3) is 0 Å². The van der Waals surface area contributed by atoms with E-state index < -0.39 is 17.6 Å². The molecule has 3 aromatic rings. The average molecular weight is 418 g/mol. The molecule has 1 fully saturated rings. The molecule has 0 aliphatic carbocycles. The number of hydrogen-bond donors (Lipinski definition) is 1. The van der Waals surface area contributed by atoms with Crippen molar-refractivity contribution in [3.63, 3.8) is 0 Å². The van der Waals surface area contributed by atoms with Crippen molar-refractivity contribution >= 4 is 16.9 Å². The van der Waals surface area contributed by atoms with Gasteiger partial charge >= 0.3 is 11.9 Å². The Bertz CT molecular complexity index is 1140. The molecule has 4 rings (SSSR count). The lowest BCUT2D eigenvalue weighted by molar-refractivity contribution is -0.141. The fourth-order valence-electron chi connectivity index (χ4n) is 3.96. The second-order valence-corrected chi connectivity index (χ2v) is 7.52. The molecule has 0 spiro atoms. The zero-order chi connectivity index (χ0) is 21.5. The first-order valence-corrected chi connectivity index (χ1v) is 9.72. The minimum atomic E-state index is -4.63. The number of rotatable bonds is 4. The number of aryl methyl sites for hydroxylation is 1. The van der Waals surface area contributed by atoms with Gasteiger partial charge in [-0.3, -0.25) is 0 Å². The third kappa shape index (κ3) is 3.65. The molecule has 0 bridgehead atoms. The van der Waals surface area contributed by atoms with Crippen molar-refractivity contribution in [3.8, 4) is 5.69 Å². The third-order valence-corrected chi connectivity index (χ3v) is 5.49. The molecule has 6 nitrogen and oxygen atoms in total. The Morgan fingerprint density at radius 2 is 1.93 bits per heavy atom. The predicted molar refractivity (Wildman–Crippen MR) is 107 cm³/mol. The second-order valence-electron chi connectivity index (χ2n) is 7.52. The molecule has 1 N–H and O–H groups in total. The zero-order valence-corrected chi connectivity index (χ0v) is 16.4. The minimum absolute atomic E-state index is 0.0675. The lowest BCUT2D eigenvalue weighted by Gasteiger charge is -2.21. The van der Waals surface area contributed by atoms with E-state index in [2.05, 4.69) is 9.97 Å². The number of benzene rings is 1. The van der Waals surface area contributed by atoms with E-state index in [0.717, 1.165) is 22.6 Å². The number of aromatic nitrogens is 3. The van der Waals surface area contributed by atoms with Crippen LogP contribution in [0.1, 0.15) is 24.1 Å². The van der Waals surface area contributed by atoms with Crippen LogP contribution in [0.25, 0.3) is 16.7 Å². The van der Waals surface area contributed by atoms with Crippen LogP contribution in [0.5, 0.6) is 0 Å². The molecular formula is C21H21F3N4O2. The van der Waals surface area contributed by atoms with Crippen LogP contribution >= 0.6 is 0 Å². The normalized spacial score (nSPS) is 17.1. The molecule has 1 unspecified atom stereocenters. The summed E-state index contributed by atoms with van der Waals surface area (Å²) in [5, 5.41) is 9.58. The van der Waals surface area contributed by atoms with Crippen LogP contribution in [0.15, 0.2) is 41.2 Å². The van der Waals surface area contributed by atoms with Crippen LogP contribution in [-0.4, -0.2) is 39.3 Å².